The van der Waals surface area contributed by atoms with Crippen molar-refractivity contribution >= 4 is 80.3 Å². The summed E-state index contributed by atoms with van der Waals surface area (Å²) in [4.78, 5) is 60.0. The molecule has 5 N–H and O–H groups in total. The van der Waals surface area contributed by atoms with Crippen LogP contribution in [0.4, 0.5) is 5.13 Å². The number of pyridine rings is 1. The van der Waals surface area contributed by atoms with Gasteiger partial charge in [-0.05, 0) is 13.0 Å². The van der Waals surface area contributed by atoms with Crippen LogP contribution >= 0.6 is 34.7 Å². The summed E-state index contributed by atoms with van der Waals surface area (Å²) in [5.74, 6) is -3.84. The molecule has 214 valence electrons. The number of carbonyl (C=O) groups excluding carboxylic acids is 2. The molecule has 0 radical (unpaired) electrons. The van der Waals surface area contributed by atoms with Crippen LogP contribution in [0.2, 0.25) is 4.34 Å². The lowest BCUT2D eigenvalue weighted by Crippen LogP contribution is -2.71. The number of hydrogen-bond acceptors (Lipinski definition) is 10. The van der Waals surface area contributed by atoms with E-state index in [4.69, 9.17) is 27.3 Å². The van der Waals surface area contributed by atoms with Gasteiger partial charge in [0.2, 0.25) is 11.6 Å². The van der Waals surface area contributed by atoms with Crippen LogP contribution in [0.1, 0.15) is 12.6 Å². The molecule has 3 atom stereocenters. The Morgan fingerprint density at radius 3 is 2.78 bits per heavy atom. The molecule has 3 aromatic heterocycles. The third-order valence-corrected chi connectivity index (χ3v) is 8.94. The van der Waals surface area contributed by atoms with Gasteiger partial charge in [0.1, 0.15) is 32.7 Å². The molecule has 0 bridgehead atoms. The molecule has 3 aromatic rings. The van der Waals surface area contributed by atoms with E-state index in [1.165, 1.54) is 18.7 Å². The van der Waals surface area contributed by atoms with Crippen LogP contribution in [0.3, 0.4) is 0 Å². The number of fused-ring (bicyclic) bond motifs is 2. The number of nitrogen functional groups attached to an aromatic ring is 1. The van der Waals surface area contributed by atoms with Gasteiger partial charge in [0, 0.05) is 36.7 Å². The third-order valence-electron chi connectivity index (χ3n) is 6.52. The largest absolute Gasteiger partial charge is 0.478 e. The van der Waals surface area contributed by atoms with E-state index in [9.17, 15) is 24.3 Å². The van der Waals surface area contributed by atoms with E-state index in [0.717, 1.165) is 27.3 Å². The van der Waals surface area contributed by atoms with Gasteiger partial charge in [0.15, 0.2) is 23.6 Å². The van der Waals surface area contributed by atoms with Crippen molar-refractivity contribution in [1.29, 1.82) is 0 Å². The van der Waals surface area contributed by atoms with Crippen molar-refractivity contribution in [2.75, 3.05) is 11.5 Å². The number of thioether (sulfide) groups is 1. The highest BCUT2D eigenvalue weighted by Gasteiger charge is 2.55. The van der Waals surface area contributed by atoms with Crippen molar-refractivity contribution in [3.63, 3.8) is 0 Å². The Bertz CT molecular complexity index is 1670. The highest BCUT2D eigenvalue weighted by molar-refractivity contribution is 8.00. The summed E-state index contributed by atoms with van der Waals surface area (Å²) in [5, 5.41) is 24.7. The van der Waals surface area contributed by atoms with E-state index in [1.807, 2.05) is 46.8 Å². The van der Waals surface area contributed by atoms with Gasteiger partial charge in [-0.3, -0.25) is 14.5 Å². The quantitative estimate of drug-likeness (QED) is 0.115. The Kier molecular flexibility index (Phi) is 7.63. The number of aryl methyl sites for hydroxylation is 1. The number of nitrogens with two attached hydrogens (primary N) is 1. The van der Waals surface area contributed by atoms with Crippen LogP contribution in [0.5, 0.6) is 0 Å². The lowest BCUT2D eigenvalue weighted by molar-refractivity contribution is -0.663. The zero-order chi connectivity index (χ0) is 29.6. The van der Waals surface area contributed by atoms with Crippen LogP contribution in [0.25, 0.3) is 11.0 Å². The number of nitrogens with one attached hydrogen (secondary N) is 1. The van der Waals surface area contributed by atoms with Crippen LogP contribution in [-0.2, 0) is 37.6 Å². The van der Waals surface area contributed by atoms with Crippen LogP contribution in [0, 0.1) is 0 Å². The third kappa shape index (κ3) is 5.20. The Morgan fingerprint density at radius 1 is 1.37 bits per heavy atom. The molecular formula is C24H23ClN7O7S2+. The Morgan fingerprint density at radius 2 is 2.12 bits per heavy atom. The Balaban J connectivity index is 1.39. The number of amides is 2. The molecule has 41 heavy (non-hydrogen) atoms. The minimum Gasteiger partial charge on any atom is -0.478 e. The number of aliphatic carboxylic acids is 2. The van der Waals surface area contributed by atoms with E-state index in [2.05, 4.69) is 15.5 Å². The van der Waals surface area contributed by atoms with Gasteiger partial charge < -0.3 is 30.7 Å². The highest BCUT2D eigenvalue weighted by atomic mass is 35.5. The van der Waals surface area contributed by atoms with Crippen molar-refractivity contribution in [1.82, 2.24) is 19.8 Å². The maximum atomic E-state index is 13.2. The van der Waals surface area contributed by atoms with Gasteiger partial charge in [-0.2, -0.15) is 4.57 Å². The molecule has 14 nitrogen and oxygen atoms in total. The molecule has 1 fully saturated rings. The predicted octanol–water partition coefficient (Wildman–Crippen LogP) is 0.791. The minimum absolute atomic E-state index is 0.00302. The summed E-state index contributed by atoms with van der Waals surface area (Å²) in [6.45, 7) is 1.46. The van der Waals surface area contributed by atoms with Crippen molar-refractivity contribution < 1.29 is 38.8 Å². The van der Waals surface area contributed by atoms with Gasteiger partial charge in [0.25, 0.3) is 11.8 Å². The maximum Gasteiger partial charge on any atom is 0.352 e. The highest BCUT2D eigenvalue weighted by Crippen LogP contribution is 2.40. The Labute approximate surface area is 245 Å². The number of aromatic nitrogens is 3. The van der Waals surface area contributed by atoms with Crippen LogP contribution < -0.4 is 15.6 Å². The van der Waals surface area contributed by atoms with Gasteiger partial charge in [-0.1, -0.05) is 28.1 Å². The van der Waals surface area contributed by atoms with Crippen LogP contribution in [0.15, 0.2) is 47.0 Å². The van der Waals surface area contributed by atoms with Crippen molar-refractivity contribution in [2.45, 2.75) is 31.0 Å². The van der Waals surface area contributed by atoms with E-state index in [1.54, 1.807) is 0 Å². The van der Waals surface area contributed by atoms with Gasteiger partial charge in [0.05, 0.1) is 0 Å². The number of carboxylic acid groups (broad SMARTS) is 2. The summed E-state index contributed by atoms with van der Waals surface area (Å²) < 4.78 is 3.87. The molecular weight excluding hydrogens is 598 g/mol. The fourth-order valence-electron chi connectivity index (χ4n) is 4.48. The average Bonchev–Trinajstić information content (AvgIpc) is 3.47. The minimum atomic E-state index is -1.40. The molecule has 5 heterocycles. The fraction of sp³-hybridized carbons (Fsp3) is 0.292. The summed E-state index contributed by atoms with van der Waals surface area (Å²) in [6, 6.07) is 4.65. The van der Waals surface area contributed by atoms with E-state index >= 15 is 0 Å². The molecule has 2 aliphatic heterocycles. The first-order chi connectivity index (χ1) is 19.5. The first-order valence-electron chi connectivity index (χ1n) is 12.0. The average molecular weight is 621 g/mol. The number of carbonyl (C=O) groups is 4. The first kappa shape index (κ1) is 28.4. The molecule has 0 aliphatic carbocycles. The molecule has 2 aliphatic rings. The number of thiazole rings is 1. The zero-order valence-corrected chi connectivity index (χ0v) is 23.9. The van der Waals surface area contributed by atoms with E-state index < -0.39 is 47.0 Å². The maximum absolute atomic E-state index is 13.2. The fourth-order valence-corrected chi connectivity index (χ4v) is 6.75. The monoisotopic (exact) mass is 620 g/mol. The van der Waals surface area contributed by atoms with Crippen molar-refractivity contribution in [2.24, 2.45) is 12.2 Å². The predicted molar refractivity (Wildman–Crippen MR) is 149 cm³/mol. The standard InChI is InChI=1S/C24H22ClN7O7S2/c1-10(22(35)36)39-29-15(14-18(25)41-24(26)28-14)19(33)27-16-20(34)32-17(23(37)38)11(9-40-21(16)32)8-31-6-3-4-12-13(31)5-7-30(12)2/h3-7,10,16,21H,8-9H2,1-2H3,(H4-,26,27,28,33,35,36,37,38)/p+1/b29-15-/t10-,16+,21+/m0/s1. The molecule has 1 saturated heterocycles. The van der Waals surface area contributed by atoms with E-state index in [0.29, 0.717) is 11.3 Å². The van der Waals surface area contributed by atoms with Crippen molar-refractivity contribution in [3.05, 3.63) is 51.9 Å². The number of halogens is 1. The number of hydrogen-bond donors (Lipinski definition) is 4. The molecule has 5 rings (SSSR count). The zero-order valence-electron chi connectivity index (χ0n) is 21.5. The summed E-state index contributed by atoms with van der Waals surface area (Å²) in [7, 11) is 1.91. The molecule has 0 aromatic carbocycles. The second kappa shape index (κ2) is 11.0. The van der Waals surface area contributed by atoms with E-state index in [-0.39, 0.29) is 27.4 Å². The second-order valence-electron chi connectivity index (χ2n) is 9.15. The molecule has 0 saturated carbocycles. The number of rotatable bonds is 9. The number of nitrogens with zero attached hydrogens (tertiary/aromatic N) is 5. The number of β-lactam (4-membered cyclic amide) rings is 1. The van der Waals surface area contributed by atoms with Gasteiger partial charge >= 0.3 is 11.9 Å². The smallest absolute Gasteiger partial charge is 0.352 e. The van der Waals surface area contributed by atoms with Gasteiger partial charge in [-0.15, -0.1) is 11.8 Å². The number of carboxylic acids is 2. The molecule has 17 heteroatoms. The first-order valence-corrected chi connectivity index (χ1v) is 14.2. The van der Waals surface area contributed by atoms with Crippen LogP contribution in [-0.4, -0.2) is 77.4 Å². The molecule has 2 amide bonds. The summed E-state index contributed by atoms with van der Waals surface area (Å²) in [6.07, 6.45) is 2.35. The summed E-state index contributed by atoms with van der Waals surface area (Å²) >= 11 is 8.32. The second-order valence-corrected chi connectivity index (χ2v) is 11.9. The Hall–Kier alpha value is -4.15. The SMILES string of the molecule is C[C@H](O/N=C(\C(=O)N[C@@H]1C(=O)N2C(C(=O)O)=C(C[n+]3cccc4c3ccn4C)CS[C@H]12)c1nc(N)sc1Cl)C(=O)O. The molecule has 0 spiro atoms. The summed E-state index contributed by atoms with van der Waals surface area (Å²) in [5.41, 5.74) is 7.35. The molecule has 0 unspecified atom stereocenters. The topological polar surface area (TPSA) is 193 Å². The number of oxime groups is 1. The van der Waals surface area contributed by atoms with Crippen molar-refractivity contribution in [3.8, 4) is 0 Å². The normalized spacial score (nSPS) is 19.5. The number of anilines is 1. The lowest BCUT2D eigenvalue weighted by atomic mass is 10.0. The van der Waals surface area contributed by atoms with Gasteiger partial charge in [-0.25, -0.2) is 14.6 Å². The lowest BCUT2D eigenvalue weighted by Gasteiger charge is -2.49.